The SMILES string of the molecule is CC(C)(C)OC(=O)N[C@@H]1CCS(=O)(=O)CC[C@H]1C(=O)O. The van der Waals surface area contributed by atoms with E-state index in [2.05, 4.69) is 5.32 Å². The fraction of sp³-hybridized carbons (Fsp3) is 0.833. The van der Waals surface area contributed by atoms with Crippen molar-refractivity contribution in [2.24, 2.45) is 5.92 Å². The molecule has 2 N–H and O–H groups in total. The highest BCUT2D eigenvalue weighted by atomic mass is 32.2. The average molecular weight is 307 g/mol. The number of amides is 1. The fourth-order valence-electron chi connectivity index (χ4n) is 2.04. The van der Waals surface area contributed by atoms with E-state index in [0.29, 0.717) is 0 Å². The number of carbonyl (C=O) groups is 2. The lowest BCUT2D eigenvalue weighted by molar-refractivity contribution is -0.142. The maximum absolute atomic E-state index is 11.7. The molecule has 0 bridgehead atoms. The zero-order valence-electron chi connectivity index (χ0n) is 11.9. The lowest BCUT2D eigenvalue weighted by atomic mass is 9.95. The molecule has 0 aliphatic carbocycles. The van der Waals surface area contributed by atoms with Crippen LogP contribution >= 0.6 is 0 Å². The van der Waals surface area contributed by atoms with Crippen LogP contribution in [-0.2, 0) is 19.4 Å². The summed E-state index contributed by atoms with van der Waals surface area (Å²) in [5.41, 5.74) is -0.695. The van der Waals surface area contributed by atoms with E-state index in [1.54, 1.807) is 20.8 Å². The predicted octanol–water partition coefficient (Wildman–Crippen LogP) is 0.789. The molecule has 1 saturated heterocycles. The van der Waals surface area contributed by atoms with E-state index in [1.165, 1.54) is 0 Å². The molecule has 1 fully saturated rings. The average Bonchev–Trinajstić information content (AvgIpc) is 2.35. The summed E-state index contributed by atoms with van der Waals surface area (Å²) in [6.45, 7) is 5.08. The minimum Gasteiger partial charge on any atom is -0.481 e. The standard InChI is InChI=1S/C12H21NO6S/c1-12(2,3)19-11(16)13-9-5-7-20(17,18)6-4-8(9)10(14)15/h8-9H,4-7H2,1-3H3,(H,13,16)(H,14,15)/t8-,9-/m1/s1. The van der Waals surface area contributed by atoms with Crippen molar-refractivity contribution < 1.29 is 27.9 Å². The first-order valence-corrected chi connectivity index (χ1v) is 8.25. The molecule has 0 spiro atoms. The monoisotopic (exact) mass is 307 g/mol. The van der Waals surface area contributed by atoms with Gasteiger partial charge < -0.3 is 15.2 Å². The Bertz CT molecular complexity index is 479. The largest absolute Gasteiger partial charge is 0.481 e. The third-order valence-corrected chi connectivity index (χ3v) is 4.70. The molecule has 116 valence electrons. The van der Waals surface area contributed by atoms with E-state index in [-0.39, 0.29) is 24.3 Å². The topological polar surface area (TPSA) is 110 Å². The zero-order chi connectivity index (χ0) is 15.6. The Kier molecular flexibility index (Phi) is 5.01. The Balaban J connectivity index is 2.78. The molecule has 0 unspecified atom stereocenters. The third-order valence-electron chi connectivity index (χ3n) is 2.98. The number of alkyl carbamates (subject to hydrolysis) is 1. The van der Waals surface area contributed by atoms with E-state index in [9.17, 15) is 18.0 Å². The normalized spacial score (nSPS) is 26.4. The summed E-state index contributed by atoms with van der Waals surface area (Å²) in [7, 11) is -3.24. The predicted molar refractivity (Wildman–Crippen MR) is 72.2 cm³/mol. The fourth-order valence-corrected chi connectivity index (χ4v) is 3.47. The number of carbonyl (C=O) groups excluding carboxylic acids is 1. The molecule has 1 aliphatic heterocycles. The summed E-state index contributed by atoms with van der Waals surface area (Å²) in [6.07, 6.45) is -0.649. The number of rotatable bonds is 2. The van der Waals surface area contributed by atoms with Crippen LogP contribution in [0, 0.1) is 5.92 Å². The van der Waals surface area contributed by atoms with Crippen LogP contribution in [0.5, 0.6) is 0 Å². The molecule has 1 rings (SSSR count). The van der Waals surface area contributed by atoms with Crippen LogP contribution in [0.4, 0.5) is 4.79 Å². The van der Waals surface area contributed by atoms with E-state index in [1.807, 2.05) is 0 Å². The van der Waals surface area contributed by atoms with Crippen molar-refractivity contribution in [3.8, 4) is 0 Å². The molecule has 8 heteroatoms. The van der Waals surface area contributed by atoms with E-state index in [4.69, 9.17) is 9.84 Å². The van der Waals surface area contributed by atoms with Crippen LogP contribution in [0.2, 0.25) is 0 Å². The van der Waals surface area contributed by atoms with Crippen LogP contribution in [-0.4, -0.2) is 48.7 Å². The Hall–Kier alpha value is -1.31. The van der Waals surface area contributed by atoms with E-state index >= 15 is 0 Å². The first-order chi connectivity index (χ1) is 9.00. The molecule has 0 aromatic heterocycles. The van der Waals surface area contributed by atoms with Crippen molar-refractivity contribution in [2.75, 3.05) is 11.5 Å². The van der Waals surface area contributed by atoms with Crippen molar-refractivity contribution in [1.29, 1.82) is 0 Å². The Morgan fingerprint density at radius 2 is 1.75 bits per heavy atom. The van der Waals surface area contributed by atoms with Crippen molar-refractivity contribution in [3.63, 3.8) is 0 Å². The van der Waals surface area contributed by atoms with Gasteiger partial charge in [-0.1, -0.05) is 0 Å². The molecule has 1 aliphatic rings. The van der Waals surface area contributed by atoms with Crippen molar-refractivity contribution >= 4 is 21.9 Å². The van der Waals surface area contributed by atoms with Crippen LogP contribution in [0.25, 0.3) is 0 Å². The number of ether oxygens (including phenoxy) is 1. The molecule has 2 atom stereocenters. The Labute approximate surface area is 118 Å². The maximum Gasteiger partial charge on any atom is 0.407 e. The second kappa shape index (κ2) is 5.99. The first-order valence-electron chi connectivity index (χ1n) is 6.43. The lowest BCUT2D eigenvalue weighted by Crippen LogP contribution is -2.45. The summed E-state index contributed by atoms with van der Waals surface area (Å²) >= 11 is 0. The number of hydrogen-bond donors (Lipinski definition) is 2. The number of carboxylic acids is 1. The van der Waals surface area contributed by atoms with Crippen molar-refractivity contribution in [1.82, 2.24) is 5.32 Å². The van der Waals surface area contributed by atoms with Gasteiger partial charge in [-0.3, -0.25) is 4.79 Å². The molecular weight excluding hydrogens is 286 g/mol. The first kappa shape index (κ1) is 16.7. The summed E-state index contributed by atoms with van der Waals surface area (Å²) in [4.78, 5) is 22.9. The number of aliphatic carboxylic acids is 1. The van der Waals surface area contributed by atoms with Gasteiger partial charge in [0.1, 0.15) is 15.4 Å². The van der Waals surface area contributed by atoms with Crippen LogP contribution in [0.1, 0.15) is 33.6 Å². The minimum atomic E-state index is -3.24. The zero-order valence-corrected chi connectivity index (χ0v) is 12.7. The summed E-state index contributed by atoms with van der Waals surface area (Å²) in [6, 6.07) is -0.736. The molecule has 20 heavy (non-hydrogen) atoms. The van der Waals surface area contributed by atoms with Gasteiger partial charge >= 0.3 is 12.1 Å². The molecular formula is C12H21NO6S. The van der Waals surface area contributed by atoms with Crippen LogP contribution in [0.3, 0.4) is 0 Å². The summed E-state index contributed by atoms with van der Waals surface area (Å²) in [5.74, 6) is -2.32. The molecule has 0 aromatic carbocycles. The van der Waals surface area contributed by atoms with E-state index < -0.39 is 39.5 Å². The Morgan fingerprint density at radius 1 is 1.20 bits per heavy atom. The molecule has 1 heterocycles. The second-order valence-corrected chi connectivity index (χ2v) is 8.23. The van der Waals surface area contributed by atoms with Gasteiger partial charge in [0.25, 0.3) is 0 Å². The minimum absolute atomic E-state index is 0.00185. The van der Waals surface area contributed by atoms with Gasteiger partial charge in [0.15, 0.2) is 0 Å². The quantitative estimate of drug-likeness (QED) is 0.780. The summed E-state index contributed by atoms with van der Waals surface area (Å²) < 4.78 is 28.2. The molecule has 0 aromatic rings. The molecule has 0 radical (unpaired) electrons. The van der Waals surface area contributed by atoms with Gasteiger partial charge in [0, 0.05) is 6.04 Å². The molecule has 7 nitrogen and oxygen atoms in total. The highest BCUT2D eigenvalue weighted by Gasteiger charge is 2.35. The van der Waals surface area contributed by atoms with E-state index in [0.717, 1.165) is 0 Å². The van der Waals surface area contributed by atoms with Gasteiger partial charge in [-0.15, -0.1) is 0 Å². The lowest BCUT2D eigenvalue weighted by Gasteiger charge is -2.25. The number of hydrogen-bond acceptors (Lipinski definition) is 5. The van der Waals surface area contributed by atoms with Crippen molar-refractivity contribution in [3.05, 3.63) is 0 Å². The van der Waals surface area contributed by atoms with Crippen LogP contribution < -0.4 is 5.32 Å². The maximum atomic E-state index is 11.7. The van der Waals surface area contributed by atoms with Gasteiger partial charge in [-0.2, -0.15) is 0 Å². The molecule has 1 amide bonds. The highest BCUT2D eigenvalue weighted by Crippen LogP contribution is 2.20. The van der Waals surface area contributed by atoms with Gasteiger partial charge in [0.05, 0.1) is 17.4 Å². The molecule has 0 saturated carbocycles. The van der Waals surface area contributed by atoms with Crippen molar-refractivity contribution in [2.45, 2.75) is 45.3 Å². The smallest absolute Gasteiger partial charge is 0.407 e. The van der Waals surface area contributed by atoms with Crippen LogP contribution in [0.15, 0.2) is 0 Å². The van der Waals surface area contributed by atoms with Gasteiger partial charge in [0.2, 0.25) is 0 Å². The number of carboxylic acid groups (broad SMARTS) is 1. The van der Waals surface area contributed by atoms with Gasteiger partial charge in [-0.05, 0) is 33.6 Å². The second-order valence-electron chi connectivity index (χ2n) is 5.93. The Morgan fingerprint density at radius 3 is 2.25 bits per heavy atom. The highest BCUT2D eigenvalue weighted by molar-refractivity contribution is 7.91. The summed E-state index contributed by atoms with van der Waals surface area (Å²) in [5, 5.41) is 11.6. The number of nitrogens with one attached hydrogen (secondary N) is 1. The van der Waals surface area contributed by atoms with Gasteiger partial charge in [-0.25, -0.2) is 13.2 Å². The third kappa shape index (κ3) is 5.36. The number of sulfone groups is 1.